The molecule has 0 unspecified atom stereocenters. The molecular formula is C27H19F6N5O5. The summed E-state index contributed by atoms with van der Waals surface area (Å²) < 4.78 is 71.5. The first-order chi connectivity index (χ1) is 20.2. The first-order valence-electron chi connectivity index (χ1n) is 12.1. The van der Waals surface area contributed by atoms with Gasteiger partial charge in [0.1, 0.15) is 5.52 Å². The van der Waals surface area contributed by atoms with Gasteiger partial charge in [0.25, 0.3) is 5.89 Å². The van der Waals surface area contributed by atoms with Crippen molar-refractivity contribution in [2.24, 2.45) is 0 Å². The summed E-state index contributed by atoms with van der Waals surface area (Å²) in [5, 5.41) is 19.8. The van der Waals surface area contributed by atoms with Crippen molar-refractivity contribution in [3.8, 4) is 22.8 Å². The number of oxazole rings is 1. The third-order valence-corrected chi connectivity index (χ3v) is 5.74. The molecule has 3 aromatic carbocycles. The predicted octanol–water partition coefficient (Wildman–Crippen LogP) is 6.67. The molecule has 16 heteroatoms. The van der Waals surface area contributed by atoms with E-state index in [1.54, 1.807) is 0 Å². The number of fused-ring (bicyclic) bond motifs is 3. The van der Waals surface area contributed by atoms with E-state index in [1.165, 1.54) is 0 Å². The number of rotatable bonds is 3. The maximum Gasteiger partial charge on any atom is 0.490 e. The number of nitrogens with zero attached hydrogens (tertiary/aromatic N) is 4. The summed E-state index contributed by atoms with van der Waals surface area (Å²) in [6.45, 7) is 2.94. The monoisotopic (exact) mass is 607 g/mol. The molecule has 0 saturated carbocycles. The molecule has 0 fully saturated rings. The van der Waals surface area contributed by atoms with Crippen molar-refractivity contribution in [3.05, 3.63) is 66.9 Å². The van der Waals surface area contributed by atoms with Crippen LogP contribution >= 0.6 is 0 Å². The Bertz CT molecular complexity index is 1870. The molecule has 10 nitrogen and oxygen atoms in total. The summed E-state index contributed by atoms with van der Waals surface area (Å²) in [6, 6.07) is 20.4. The molecule has 0 atom stereocenters. The smallest absolute Gasteiger partial charge is 0.475 e. The van der Waals surface area contributed by atoms with E-state index >= 15 is 0 Å². The number of hydrogen-bond acceptors (Lipinski definition) is 6. The molecule has 0 amide bonds. The van der Waals surface area contributed by atoms with Crippen LogP contribution in [0.3, 0.4) is 0 Å². The van der Waals surface area contributed by atoms with Crippen LogP contribution in [-0.2, 0) is 16.1 Å². The molecule has 224 valence electrons. The van der Waals surface area contributed by atoms with Crippen LogP contribution < -0.4 is 0 Å². The highest BCUT2D eigenvalue weighted by Gasteiger charge is 2.38. The average Bonchev–Trinajstić information content (AvgIpc) is 3.67. The highest BCUT2D eigenvalue weighted by Crippen LogP contribution is 2.30. The maximum atomic E-state index is 10.6. The predicted molar refractivity (Wildman–Crippen MR) is 141 cm³/mol. The lowest BCUT2D eigenvalue weighted by atomic mass is 10.0. The Labute approximate surface area is 236 Å². The first-order valence-corrected chi connectivity index (χ1v) is 12.1. The standard InChI is InChI=1S/C23H17N5O.2C2HF3O2/c1-2-28-20-11-14(7-8-16(20)13-24-28)15-9-10-19-21(12-15)29-23(27-19)22-25-17-5-3-4-6-18(17)26-22;2*3-2(4,5)1(6)7/h3-13H,2H2,1H3,(H,25,26);2*(H,6,7). The third kappa shape index (κ3) is 7.09. The number of carbonyl (C=O) groups is 2. The number of aryl methyl sites for hydroxylation is 1. The van der Waals surface area contributed by atoms with Crippen LogP contribution in [-0.4, -0.2) is 59.2 Å². The molecule has 43 heavy (non-hydrogen) atoms. The van der Waals surface area contributed by atoms with Crippen molar-refractivity contribution in [1.82, 2.24) is 24.7 Å². The number of benzene rings is 3. The van der Waals surface area contributed by atoms with Gasteiger partial charge in [0.15, 0.2) is 11.4 Å². The third-order valence-electron chi connectivity index (χ3n) is 5.74. The number of carboxylic acids is 2. The van der Waals surface area contributed by atoms with E-state index in [0.29, 0.717) is 11.7 Å². The quantitative estimate of drug-likeness (QED) is 0.189. The van der Waals surface area contributed by atoms with Gasteiger partial charge in [-0.1, -0.05) is 30.3 Å². The number of alkyl halides is 6. The number of nitrogens with one attached hydrogen (secondary N) is 1. The Kier molecular flexibility index (Phi) is 8.40. The second kappa shape index (κ2) is 11.8. The van der Waals surface area contributed by atoms with Crippen molar-refractivity contribution < 1.29 is 50.6 Å². The van der Waals surface area contributed by atoms with E-state index < -0.39 is 24.3 Å². The van der Waals surface area contributed by atoms with Crippen molar-refractivity contribution >= 4 is 45.0 Å². The van der Waals surface area contributed by atoms with Crippen LogP contribution in [0.15, 0.2) is 71.3 Å². The largest absolute Gasteiger partial charge is 0.490 e. The fourth-order valence-electron chi connectivity index (χ4n) is 3.76. The van der Waals surface area contributed by atoms with Gasteiger partial charge in [-0.05, 0) is 48.4 Å². The molecule has 0 bridgehead atoms. The van der Waals surface area contributed by atoms with Crippen LogP contribution in [0.5, 0.6) is 0 Å². The lowest BCUT2D eigenvalue weighted by Crippen LogP contribution is -2.21. The number of halogens is 6. The molecule has 3 N–H and O–H groups in total. The molecule has 0 aliphatic rings. The van der Waals surface area contributed by atoms with Crippen LogP contribution in [0.1, 0.15) is 6.92 Å². The zero-order valence-electron chi connectivity index (χ0n) is 21.7. The molecule has 6 rings (SSSR count). The van der Waals surface area contributed by atoms with Gasteiger partial charge in [-0.2, -0.15) is 31.4 Å². The molecule has 0 aliphatic heterocycles. The molecule has 6 aromatic rings. The van der Waals surface area contributed by atoms with Crippen molar-refractivity contribution in [2.75, 3.05) is 0 Å². The Morgan fingerprint density at radius 3 is 2.07 bits per heavy atom. The highest BCUT2D eigenvalue weighted by molar-refractivity contribution is 5.88. The Morgan fingerprint density at radius 1 is 0.860 bits per heavy atom. The Balaban J connectivity index is 0.000000254. The van der Waals surface area contributed by atoms with E-state index in [2.05, 4.69) is 51.2 Å². The van der Waals surface area contributed by atoms with Gasteiger partial charge >= 0.3 is 24.3 Å². The Hall–Kier alpha value is -5.41. The number of aromatic amines is 1. The molecular weight excluding hydrogens is 588 g/mol. The zero-order valence-corrected chi connectivity index (χ0v) is 21.7. The summed E-state index contributed by atoms with van der Waals surface area (Å²) in [4.78, 5) is 30.3. The highest BCUT2D eigenvalue weighted by atomic mass is 19.4. The summed E-state index contributed by atoms with van der Waals surface area (Å²) in [6.07, 6.45) is -8.26. The van der Waals surface area contributed by atoms with Crippen LogP contribution in [0, 0.1) is 0 Å². The first kappa shape index (κ1) is 30.5. The lowest BCUT2D eigenvalue weighted by molar-refractivity contribution is -0.193. The van der Waals surface area contributed by atoms with E-state index in [-0.39, 0.29) is 0 Å². The molecule has 0 spiro atoms. The van der Waals surface area contributed by atoms with Gasteiger partial charge in [-0.25, -0.2) is 19.6 Å². The Morgan fingerprint density at radius 2 is 1.47 bits per heavy atom. The van der Waals surface area contributed by atoms with E-state index in [4.69, 9.17) is 24.2 Å². The second-order valence-corrected chi connectivity index (χ2v) is 8.64. The van der Waals surface area contributed by atoms with E-state index in [9.17, 15) is 26.3 Å². The van der Waals surface area contributed by atoms with Gasteiger partial charge < -0.3 is 19.6 Å². The van der Waals surface area contributed by atoms with Gasteiger partial charge in [-0.3, -0.25) is 4.68 Å². The van der Waals surface area contributed by atoms with Crippen molar-refractivity contribution in [2.45, 2.75) is 25.8 Å². The lowest BCUT2D eigenvalue weighted by Gasteiger charge is -2.04. The van der Waals surface area contributed by atoms with Gasteiger partial charge in [0.05, 0.1) is 22.7 Å². The number of para-hydroxylation sites is 2. The number of hydrogen-bond donors (Lipinski definition) is 3. The fourth-order valence-corrected chi connectivity index (χ4v) is 3.76. The minimum Gasteiger partial charge on any atom is -0.475 e. The van der Waals surface area contributed by atoms with Gasteiger partial charge in [0.2, 0.25) is 0 Å². The van der Waals surface area contributed by atoms with Crippen molar-refractivity contribution in [1.29, 1.82) is 0 Å². The minimum atomic E-state index is -5.08. The summed E-state index contributed by atoms with van der Waals surface area (Å²) in [5.41, 5.74) is 6.74. The van der Waals surface area contributed by atoms with E-state index in [1.807, 2.05) is 47.3 Å². The SMILES string of the molecule is CCn1ncc2ccc(-c3ccc4nc(-c5nc6ccccc6[nH]5)oc4c3)cc21.O=C(O)C(F)(F)F.O=C(O)C(F)(F)F. The van der Waals surface area contributed by atoms with Gasteiger partial charge in [-0.15, -0.1) is 0 Å². The number of aromatic nitrogens is 5. The average molecular weight is 607 g/mol. The number of imidazole rings is 1. The number of H-pyrrole nitrogens is 1. The van der Waals surface area contributed by atoms with Crippen LogP contribution in [0.25, 0.3) is 55.9 Å². The summed E-state index contributed by atoms with van der Waals surface area (Å²) in [7, 11) is 0. The molecule has 3 aromatic heterocycles. The van der Waals surface area contributed by atoms with Gasteiger partial charge in [0, 0.05) is 11.9 Å². The fraction of sp³-hybridized carbons (Fsp3) is 0.148. The van der Waals surface area contributed by atoms with Crippen molar-refractivity contribution in [3.63, 3.8) is 0 Å². The minimum absolute atomic E-state index is 0.493. The zero-order chi connectivity index (χ0) is 31.5. The number of carboxylic acid groups (broad SMARTS) is 2. The maximum absolute atomic E-state index is 10.6. The molecule has 0 saturated heterocycles. The summed E-state index contributed by atoms with van der Waals surface area (Å²) in [5.74, 6) is -4.38. The summed E-state index contributed by atoms with van der Waals surface area (Å²) >= 11 is 0. The second-order valence-electron chi connectivity index (χ2n) is 8.64. The normalized spacial score (nSPS) is 11.6. The molecule has 0 aliphatic carbocycles. The van der Waals surface area contributed by atoms with E-state index in [0.717, 1.165) is 50.7 Å². The molecule has 3 heterocycles. The van der Waals surface area contributed by atoms with Crippen LogP contribution in [0.2, 0.25) is 0 Å². The number of aliphatic carboxylic acids is 2. The van der Waals surface area contributed by atoms with Crippen LogP contribution in [0.4, 0.5) is 26.3 Å². The molecule has 0 radical (unpaired) electrons. The topological polar surface area (TPSA) is 147 Å².